The van der Waals surface area contributed by atoms with Gasteiger partial charge in [-0.25, -0.2) is 0 Å². The molecule has 0 bridgehead atoms. The summed E-state index contributed by atoms with van der Waals surface area (Å²) in [6.07, 6.45) is 3.23. The van der Waals surface area contributed by atoms with Gasteiger partial charge in [-0.15, -0.1) is 0 Å². The van der Waals surface area contributed by atoms with E-state index in [1.165, 1.54) is 6.07 Å². The van der Waals surface area contributed by atoms with Crippen molar-refractivity contribution in [1.29, 1.82) is 0 Å². The van der Waals surface area contributed by atoms with Crippen molar-refractivity contribution in [2.24, 2.45) is 0 Å². The van der Waals surface area contributed by atoms with Crippen LogP contribution in [0, 0.1) is 10.1 Å². The first kappa shape index (κ1) is 15.1. The number of nitro benzene ring substituents is 1. The molecule has 2 heterocycles. The van der Waals surface area contributed by atoms with E-state index < -0.39 is 0 Å². The van der Waals surface area contributed by atoms with Gasteiger partial charge in [-0.1, -0.05) is 18.2 Å². The third-order valence-electron chi connectivity index (χ3n) is 3.50. The molecule has 0 fully saturated rings. The molecule has 2 aromatic heterocycles. The smallest absolute Gasteiger partial charge is 0.273 e. The highest BCUT2D eigenvalue weighted by molar-refractivity contribution is 5.39. The quantitative estimate of drug-likeness (QED) is 0.487. The Morgan fingerprint density at radius 3 is 2.00 bits per heavy atom. The maximum Gasteiger partial charge on any atom is 0.273 e. The van der Waals surface area contributed by atoms with Crippen molar-refractivity contribution in [3.8, 4) is 0 Å². The second-order valence-electron chi connectivity index (χ2n) is 5.19. The molecule has 6 nitrogen and oxygen atoms in total. The lowest BCUT2D eigenvalue weighted by molar-refractivity contribution is -0.385. The molecule has 0 saturated carbocycles. The van der Waals surface area contributed by atoms with Crippen LogP contribution in [0.15, 0.2) is 69.9 Å². The molecule has 0 aliphatic rings. The second kappa shape index (κ2) is 6.93. The lowest BCUT2D eigenvalue weighted by atomic mass is 10.1. The van der Waals surface area contributed by atoms with E-state index in [2.05, 4.69) is 0 Å². The number of nitro groups is 1. The fourth-order valence-corrected chi connectivity index (χ4v) is 2.48. The van der Waals surface area contributed by atoms with E-state index in [1.54, 1.807) is 30.7 Å². The average molecular weight is 312 g/mol. The Labute approximate surface area is 133 Å². The maximum atomic E-state index is 11.2. The normalized spacial score (nSPS) is 11.0. The Hall–Kier alpha value is -2.86. The van der Waals surface area contributed by atoms with Crippen molar-refractivity contribution < 1.29 is 13.8 Å². The number of benzene rings is 1. The predicted octanol–water partition coefficient (Wildman–Crippen LogP) is 3.98. The van der Waals surface area contributed by atoms with Crippen LogP contribution in [0.25, 0.3) is 0 Å². The standard InChI is InChI=1S/C17H16N2O4/c20-19(21)17-8-2-1-5-14(17)11-18(12-15-6-3-9-22-15)13-16-7-4-10-23-16/h1-10H,11-13H2. The molecule has 0 aliphatic carbocycles. The van der Waals surface area contributed by atoms with Crippen LogP contribution >= 0.6 is 0 Å². The minimum absolute atomic E-state index is 0.122. The third kappa shape index (κ3) is 3.87. The van der Waals surface area contributed by atoms with Gasteiger partial charge in [0.2, 0.25) is 0 Å². The van der Waals surface area contributed by atoms with Gasteiger partial charge in [-0.3, -0.25) is 15.0 Å². The number of hydrogen-bond donors (Lipinski definition) is 0. The number of hydrogen-bond acceptors (Lipinski definition) is 5. The number of furan rings is 2. The highest BCUT2D eigenvalue weighted by atomic mass is 16.6. The Morgan fingerprint density at radius 2 is 1.48 bits per heavy atom. The zero-order chi connectivity index (χ0) is 16.1. The van der Waals surface area contributed by atoms with Crippen molar-refractivity contribution in [2.45, 2.75) is 19.6 Å². The van der Waals surface area contributed by atoms with Gasteiger partial charge < -0.3 is 8.83 Å². The first-order valence-corrected chi connectivity index (χ1v) is 7.22. The molecule has 0 aliphatic heterocycles. The molecule has 0 amide bonds. The molecule has 3 rings (SSSR count). The summed E-state index contributed by atoms with van der Waals surface area (Å²) in [6.45, 7) is 1.51. The Morgan fingerprint density at radius 1 is 0.870 bits per heavy atom. The second-order valence-corrected chi connectivity index (χ2v) is 5.19. The average Bonchev–Trinajstić information content (AvgIpc) is 3.21. The number of para-hydroxylation sites is 1. The first-order chi connectivity index (χ1) is 11.2. The predicted molar refractivity (Wildman–Crippen MR) is 83.5 cm³/mol. The van der Waals surface area contributed by atoms with Gasteiger partial charge in [0.15, 0.2) is 0 Å². The molecule has 0 spiro atoms. The van der Waals surface area contributed by atoms with Crippen LogP contribution in [0.5, 0.6) is 0 Å². The lowest BCUT2D eigenvalue weighted by Gasteiger charge is -2.20. The summed E-state index contributed by atoms with van der Waals surface area (Å²) >= 11 is 0. The van der Waals surface area contributed by atoms with Gasteiger partial charge >= 0.3 is 0 Å². The summed E-state index contributed by atoms with van der Waals surface area (Å²) in [7, 11) is 0. The highest BCUT2D eigenvalue weighted by Crippen LogP contribution is 2.22. The monoisotopic (exact) mass is 312 g/mol. The fraction of sp³-hybridized carbons (Fsp3) is 0.176. The minimum atomic E-state index is -0.354. The Bertz CT molecular complexity index is 715. The number of rotatable bonds is 7. The van der Waals surface area contributed by atoms with Gasteiger partial charge in [-0.05, 0) is 24.3 Å². The summed E-state index contributed by atoms with van der Waals surface area (Å²) in [5.74, 6) is 1.60. The highest BCUT2D eigenvalue weighted by Gasteiger charge is 2.17. The molecule has 6 heteroatoms. The van der Waals surface area contributed by atoms with Crippen LogP contribution in [0.1, 0.15) is 17.1 Å². The van der Waals surface area contributed by atoms with E-state index in [9.17, 15) is 10.1 Å². The Kier molecular flexibility index (Phi) is 4.54. The van der Waals surface area contributed by atoms with Gasteiger partial charge in [0.25, 0.3) is 5.69 Å². The topological polar surface area (TPSA) is 72.7 Å². The van der Waals surface area contributed by atoms with Gasteiger partial charge in [0, 0.05) is 18.2 Å². The summed E-state index contributed by atoms with van der Waals surface area (Å²) in [5.41, 5.74) is 0.784. The fourth-order valence-electron chi connectivity index (χ4n) is 2.48. The van der Waals surface area contributed by atoms with Crippen molar-refractivity contribution in [2.75, 3.05) is 0 Å². The maximum absolute atomic E-state index is 11.2. The molecule has 23 heavy (non-hydrogen) atoms. The van der Waals surface area contributed by atoms with Gasteiger partial charge in [-0.2, -0.15) is 0 Å². The van der Waals surface area contributed by atoms with E-state index in [-0.39, 0.29) is 10.6 Å². The zero-order valence-corrected chi connectivity index (χ0v) is 12.4. The number of nitrogens with zero attached hydrogens (tertiary/aromatic N) is 2. The van der Waals surface area contributed by atoms with Crippen molar-refractivity contribution in [3.05, 3.63) is 88.3 Å². The first-order valence-electron chi connectivity index (χ1n) is 7.22. The van der Waals surface area contributed by atoms with Crippen LogP contribution in [-0.2, 0) is 19.6 Å². The molecule has 3 aromatic rings. The van der Waals surface area contributed by atoms with Crippen LogP contribution in [-0.4, -0.2) is 9.82 Å². The van der Waals surface area contributed by atoms with Crippen molar-refractivity contribution in [3.63, 3.8) is 0 Å². The molecular formula is C17H16N2O4. The van der Waals surface area contributed by atoms with Crippen LogP contribution < -0.4 is 0 Å². The largest absolute Gasteiger partial charge is 0.468 e. The SMILES string of the molecule is O=[N+]([O-])c1ccccc1CN(Cc1ccco1)Cc1ccco1. The lowest BCUT2D eigenvalue weighted by Crippen LogP contribution is -2.22. The summed E-state index contributed by atoms with van der Waals surface area (Å²) in [6, 6.07) is 14.2. The van der Waals surface area contributed by atoms with Gasteiger partial charge in [0.1, 0.15) is 11.5 Å². The summed E-state index contributed by atoms with van der Waals surface area (Å²) < 4.78 is 10.8. The molecule has 0 atom stereocenters. The molecule has 0 N–H and O–H groups in total. The molecule has 0 unspecified atom stereocenters. The Balaban J connectivity index is 1.81. The summed E-state index contributed by atoms with van der Waals surface area (Å²) in [4.78, 5) is 12.9. The molecule has 0 saturated heterocycles. The molecular weight excluding hydrogens is 296 g/mol. The van der Waals surface area contributed by atoms with Crippen LogP contribution in [0.4, 0.5) is 5.69 Å². The van der Waals surface area contributed by atoms with Crippen LogP contribution in [0.3, 0.4) is 0 Å². The van der Waals surface area contributed by atoms with Crippen molar-refractivity contribution in [1.82, 2.24) is 4.90 Å². The molecule has 118 valence electrons. The molecule has 0 radical (unpaired) electrons. The van der Waals surface area contributed by atoms with E-state index in [4.69, 9.17) is 8.83 Å². The molecule has 1 aromatic carbocycles. The summed E-state index contributed by atoms with van der Waals surface area (Å²) in [5, 5.41) is 11.2. The van der Waals surface area contributed by atoms with Gasteiger partial charge in [0.05, 0.1) is 30.5 Å². The minimum Gasteiger partial charge on any atom is -0.468 e. The van der Waals surface area contributed by atoms with E-state index in [0.29, 0.717) is 25.2 Å². The zero-order valence-electron chi connectivity index (χ0n) is 12.4. The van der Waals surface area contributed by atoms with E-state index >= 15 is 0 Å². The van der Waals surface area contributed by atoms with E-state index in [0.717, 1.165) is 11.5 Å². The van der Waals surface area contributed by atoms with E-state index in [1.807, 2.05) is 29.2 Å². The third-order valence-corrected chi connectivity index (χ3v) is 3.50. The van der Waals surface area contributed by atoms with Crippen molar-refractivity contribution >= 4 is 5.69 Å². The van der Waals surface area contributed by atoms with Crippen LogP contribution in [0.2, 0.25) is 0 Å².